The molecule has 0 bridgehead atoms. The summed E-state index contributed by atoms with van der Waals surface area (Å²) in [6.45, 7) is 6.32. The van der Waals surface area contributed by atoms with Crippen molar-refractivity contribution >= 4 is 29.4 Å². The van der Waals surface area contributed by atoms with Gasteiger partial charge in [0.2, 0.25) is 0 Å². The molecule has 0 spiro atoms. The lowest BCUT2D eigenvalue weighted by molar-refractivity contribution is -0.384. The summed E-state index contributed by atoms with van der Waals surface area (Å²) in [5, 5.41) is 10.8. The van der Waals surface area contributed by atoms with Crippen molar-refractivity contribution in [1.82, 2.24) is 4.57 Å². The van der Waals surface area contributed by atoms with Crippen molar-refractivity contribution in [2.75, 3.05) is 0 Å². The Morgan fingerprint density at radius 1 is 0.906 bits per heavy atom. The zero-order valence-electron chi connectivity index (χ0n) is 18.1. The largest absolute Gasteiger partial charge is 0.318 e. The zero-order valence-corrected chi connectivity index (χ0v) is 19.0. The SMILES string of the molecule is Cc1cccc(-n2c(C)cc(C=Nc3ccc(Sc4ccc([N+](=O)[O-])cc4)cc3)c2C)c1. The fourth-order valence-corrected chi connectivity index (χ4v) is 4.42. The molecule has 0 aliphatic carbocycles. The molecule has 0 amide bonds. The number of benzene rings is 3. The maximum absolute atomic E-state index is 10.8. The molecule has 0 N–H and O–H groups in total. The molecule has 0 saturated heterocycles. The van der Waals surface area contributed by atoms with Crippen molar-refractivity contribution in [1.29, 1.82) is 0 Å². The molecule has 6 heteroatoms. The molecular weight excluding hydrogens is 418 g/mol. The Morgan fingerprint density at radius 2 is 1.56 bits per heavy atom. The van der Waals surface area contributed by atoms with E-state index in [-0.39, 0.29) is 10.6 Å². The van der Waals surface area contributed by atoms with Gasteiger partial charge < -0.3 is 4.57 Å². The number of non-ortho nitro benzene ring substituents is 1. The Hall–Kier alpha value is -3.64. The van der Waals surface area contributed by atoms with Gasteiger partial charge in [-0.1, -0.05) is 23.9 Å². The Morgan fingerprint density at radius 3 is 2.19 bits per heavy atom. The summed E-state index contributed by atoms with van der Waals surface area (Å²) < 4.78 is 2.25. The number of nitrogens with zero attached hydrogens (tertiary/aromatic N) is 3. The molecule has 3 aromatic carbocycles. The number of hydrogen-bond donors (Lipinski definition) is 0. The molecule has 160 valence electrons. The number of hydrogen-bond acceptors (Lipinski definition) is 4. The maximum Gasteiger partial charge on any atom is 0.269 e. The summed E-state index contributed by atoms with van der Waals surface area (Å²) in [6.07, 6.45) is 1.91. The van der Waals surface area contributed by atoms with Crippen LogP contribution in [0.2, 0.25) is 0 Å². The van der Waals surface area contributed by atoms with E-state index in [1.54, 1.807) is 23.9 Å². The van der Waals surface area contributed by atoms with Gasteiger partial charge in [0.15, 0.2) is 0 Å². The quantitative estimate of drug-likeness (QED) is 0.180. The predicted molar refractivity (Wildman–Crippen MR) is 131 cm³/mol. The van der Waals surface area contributed by atoms with Crippen LogP contribution in [0.15, 0.2) is 93.6 Å². The Balaban J connectivity index is 1.48. The van der Waals surface area contributed by atoms with Gasteiger partial charge in [0.25, 0.3) is 5.69 Å². The first-order valence-corrected chi connectivity index (χ1v) is 11.0. The van der Waals surface area contributed by atoms with Crippen LogP contribution in [0.4, 0.5) is 11.4 Å². The molecule has 0 aliphatic heterocycles. The molecule has 5 nitrogen and oxygen atoms in total. The molecule has 1 heterocycles. The van der Waals surface area contributed by atoms with E-state index in [1.165, 1.54) is 23.4 Å². The predicted octanol–water partition coefficient (Wildman–Crippen LogP) is 7.21. The number of aliphatic imine (C=N–C) groups is 1. The highest BCUT2D eigenvalue weighted by Gasteiger charge is 2.09. The van der Waals surface area contributed by atoms with Crippen molar-refractivity contribution < 1.29 is 4.92 Å². The highest BCUT2D eigenvalue weighted by atomic mass is 32.2. The third-order valence-corrected chi connectivity index (χ3v) is 6.22. The molecule has 1 aromatic heterocycles. The van der Waals surface area contributed by atoms with Gasteiger partial charge in [-0.3, -0.25) is 15.1 Å². The smallest absolute Gasteiger partial charge is 0.269 e. The molecule has 4 rings (SSSR count). The maximum atomic E-state index is 10.8. The van der Waals surface area contributed by atoms with E-state index in [9.17, 15) is 10.1 Å². The van der Waals surface area contributed by atoms with E-state index < -0.39 is 0 Å². The molecule has 0 saturated carbocycles. The standard InChI is InChI=1S/C26H23N3O2S/c1-18-5-4-6-24(15-18)28-19(2)16-21(20(28)3)17-27-22-7-11-25(12-8-22)32-26-13-9-23(10-14-26)29(30)31/h4-17H,1-3H3. The van der Waals surface area contributed by atoms with Gasteiger partial charge in [-0.05, 0) is 80.9 Å². The van der Waals surface area contributed by atoms with Gasteiger partial charge in [-0.2, -0.15) is 0 Å². The topological polar surface area (TPSA) is 60.4 Å². The van der Waals surface area contributed by atoms with Crippen molar-refractivity contribution in [3.63, 3.8) is 0 Å². The first kappa shape index (κ1) is 21.6. The van der Waals surface area contributed by atoms with Crippen molar-refractivity contribution in [2.24, 2.45) is 4.99 Å². The van der Waals surface area contributed by atoms with E-state index >= 15 is 0 Å². The number of nitro benzene ring substituents is 1. The fraction of sp³-hybridized carbons (Fsp3) is 0.115. The highest BCUT2D eigenvalue weighted by Crippen LogP contribution is 2.30. The van der Waals surface area contributed by atoms with Gasteiger partial charge >= 0.3 is 0 Å². The van der Waals surface area contributed by atoms with Crippen LogP contribution in [0.1, 0.15) is 22.5 Å². The monoisotopic (exact) mass is 441 g/mol. The number of aromatic nitrogens is 1. The van der Waals surface area contributed by atoms with Crippen molar-refractivity contribution in [2.45, 2.75) is 30.6 Å². The summed E-state index contributed by atoms with van der Waals surface area (Å²) in [5.74, 6) is 0. The van der Waals surface area contributed by atoms with Gasteiger partial charge in [0, 0.05) is 50.8 Å². The molecular formula is C26H23N3O2S. The number of rotatable bonds is 6. The summed E-state index contributed by atoms with van der Waals surface area (Å²) in [5.41, 5.74) is 6.78. The molecule has 0 fully saturated rings. The number of nitro groups is 1. The molecule has 0 radical (unpaired) electrons. The van der Waals surface area contributed by atoms with Crippen LogP contribution >= 0.6 is 11.8 Å². The third-order valence-electron chi connectivity index (χ3n) is 5.20. The van der Waals surface area contributed by atoms with E-state index in [1.807, 2.05) is 30.5 Å². The second-order valence-corrected chi connectivity index (χ2v) is 8.75. The molecule has 0 unspecified atom stereocenters. The zero-order chi connectivity index (χ0) is 22.7. The summed E-state index contributed by atoms with van der Waals surface area (Å²) in [4.78, 5) is 17.1. The minimum Gasteiger partial charge on any atom is -0.318 e. The van der Waals surface area contributed by atoms with E-state index in [0.717, 1.165) is 32.4 Å². The van der Waals surface area contributed by atoms with Gasteiger partial charge in [0.05, 0.1) is 10.6 Å². The second kappa shape index (κ2) is 9.24. The van der Waals surface area contributed by atoms with E-state index in [0.29, 0.717) is 0 Å². The van der Waals surface area contributed by atoms with Crippen LogP contribution in [0.5, 0.6) is 0 Å². The summed E-state index contributed by atoms with van der Waals surface area (Å²) in [7, 11) is 0. The van der Waals surface area contributed by atoms with Crippen LogP contribution in [0.25, 0.3) is 5.69 Å². The van der Waals surface area contributed by atoms with Gasteiger partial charge in [-0.25, -0.2) is 0 Å². The molecule has 32 heavy (non-hydrogen) atoms. The van der Waals surface area contributed by atoms with Crippen LogP contribution in [-0.2, 0) is 0 Å². The van der Waals surface area contributed by atoms with Crippen molar-refractivity contribution in [3.8, 4) is 5.69 Å². The Kier molecular flexibility index (Phi) is 6.23. The summed E-state index contributed by atoms with van der Waals surface area (Å²) >= 11 is 1.56. The normalized spacial score (nSPS) is 11.2. The van der Waals surface area contributed by atoms with Crippen LogP contribution in [-0.4, -0.2) is 15.7 Å². The van der Waals surface area contributed by atoms with E-state index in [4.69, 9.17) is 0 Å². The van der Waals surface area contributed by atoms with Crippen LogP contribution in [0, 0.1) is 30.9 Å². The number of aryl methyl sites for hydroxylation is 2. The Labute approximate surface area is 191 Å². The first-order chi connectivity index (χ1) is 15.4. The highest BCUT2D eigenvalue weighted by molar-refractivity contribution is 7.99. The van der Waals surface area contributed by atoms with Gasteiger partial charge in [-0.15, -0.1) is 0 Å². The lowest BCUT2D eigenvalue weighted by Crippen LogP contribution is -1.99. The van der Waals surface area contributed by atoms with Crippen LogP contribution < -0.4 is 0 Å². The minimum atomic E-state index is -0.389. The third kappa shape index (κ3) is 4.81. The lowest BCUT2D eigenvalue weighted by Gasteiger charge is -2.10. The van der Waals surface area contributed by atoms with Crippen molar-refractivity contribution in [3.05, 3.63) is 111 Å². The fourth-order valence-electron chi connectivity index (χ4n) is 3.60. The molecule has 0 atom stereocenters. The van der Waals surface area contributed by atoms with E-state index in [2.05, 4.69) is 60.7 Å². The molecule has 0 aliphatic rings. The summed E-state index contributed by atoms with van der Waals surface area (Å²) in [6, 6.07) is 25.2. The Bertz CT molecular complexity index is 1290. The first-order valence-electron chi connectivity index (χ1n) is 10.2. The molecule has 4 aromatic rings. The van der Waals surface area contributed by atoms with Crippen LogP contribution in [0.3, 0.4) is 0 Å². The average molecular weight is 442 g/mol. The average Bonchev–Trinajstić information content (AvgIpc) is 3.06. The van der Waals surface area contributed by atoms with Gasteiger partial charge in [0.1, 0.15) is 0 Å². The minimum absolute atomic E-state index is 0.0980. The lowest BCUT2D eigenvalue weighted by atomic mass is 10.2. The second-order valence-electron chi connectivity index (χ2n) is 7.61.